The first kappa shape index (κ1) is 14.4. The molecule has 1 heterocycles. The Morgan fingerprint density at radius 1 is 1.47 bits per heavy atom. The van der Waals surface area contributed by atoms with E-state index in [0.29, 0.717) is 12.1 Å². The van der Waals surface area contributed by atoms with Gasteiger partial charge in [0.15, 0.2) is 0 Å². The molecule has 0 amide bonds. The lowest BCUT2D eigenvalue weighted by atomic mass is 10.0. The van der Waals surface area contributed by atoms with Crippen LogP contribution < -0.4 is 5.73 Å². The van der Waals surface area contributed by atoms with Gasteiger partial charge in [0.05, 0.1) is 4.90 Å². The first-order chi connectivity index (χ1) is 8.87. The zero-order valence-corrected chi connectivity index (χ0v) is 12.0. The van der Waals surface area contributed by atoms with Gasteiger partial charge in [0.2, 0.25) is 10.0 Å². The molecule has 106 valence electrons. The van der Waals surface area contributed by atoms with Gasteiger partial charge in [-0.1, -0.05) is 13.0 Å². The Kier molecular flexibility index (Phi) is 3.94. The van der Waals surface area contributed by atoms with Crippen LogP contribution in [0.4, 0.5) is 4.39 Å². The van der Waals surface area contributed by atoms with Crippen molar-refractivity contribution < 1.29 is 12.8 Å². The number of benzene rings is 1. The van der Waals surface area contributed by atoms with Gasteiger partial charge in [0, 0.05) is 19.1 Å². The van der Waals surface area contributed by atoms with E-state index in [4.69, 9.17) is 5.73 Å². The summed E-state index contributed by atoms with van der Waals surface area (Å²) >= 11 is 0. The summed E-state index contributed by atoms with van der Waals surface area (Å²) in [5.41, 5.74) is 6.23. The van der Waals surface area contributed by atoms with Crippen LogP contribution in [0.15, 0.2) is 23.1 Å². The average molecular weight is 286 g/mol. The van der Waals surface area contributed by atoms with Crippen LogP contribution >= 0.6 is 0 Å². The monoisotopic (exact) mass is 286 g/mol. The van der Waals surface area contributed by atoms with Crippen molar-refractivity contribution in [2.75, 3.05) is 13.1 Å². The zero-order chi connectivity index (χ0) is 14.2. The molecule has 0 spiro atoms. The molecule has 2 rings (SSSR count). The predicted molar refractivity (Wildman–Crippen MR) is 71.7 cm³/mol. The summed E-state index contributed by atoms with van der Waals surface area (Å²) in [6, 6.07) is 3.63. The third-order valence-corrected chi connectivity index (χ3v) is 5.88. The molecule has 1 aromatic carbocycles. The molecule has 1 fully saturated rings. The second-order valence-corrected chi connectivity index (χ2v) is 6.95. The lowest BCUT2D eigenvalue weighted by Gasteiger charge is -2.25. The molecule has 19 heavy (non-hydrogen) atoms. The van der Waals surface area contributed by atoms with E-state index in [9.17, 15) is 12.8 Å². The SMILES string of the molecule is Cc1ccc(F)cc1S(=O)(=O)N1CCC(C)C1CN. The molecule has 0 aromatic heterocycles. The Morgan fingerprint density at radius 3 is 2.79 bits per heavy atom. The summed E-state index contributed by atoms with van der Waals surface area (Å²) in [6.07, 6.45) is 0.787. The van der Waals surface area contributed by atoms with Gasteiger partial charge in [0.25, 0.3) is 0 Å². The second-order valence-electron chi connectivity index (χ2n) is 5.09. The van der Waals surface area contributed by atoms with E-state index in [2.05, 4.69) is 0 Å². The highest BCUT2D eigenvalue weighted by Gasteiger charge is 2.39. The third-order valence-electron chi connectivity index (χ3n) is 3.81. The normalized spacial score (nSPS) is 24.8. The first-order valence-corrected chi connectivity index (χ1v) is 7.80. The van der Waals surface area contributed by atoms with Crippen molar-refractivity contribution in [3.05, 3.63) is 29.6 Å². The molecule has 1 aliphatic rings. The highest BCUT2D eigenvalue weighted by Crippen LogP contribution is 2.30. The van der Waals surface area contributed by atoms with Crippen LogP contribution in [0.1, 0.15) is 18.9 Å². The predicted octanol–water partition coefficient (Wildman–Crippen LogP) is 1.49. The summed E-state index contributed by atoms with van der Waals surface area (Å²) in [5.74, 6) is -0.311. The van der Waals surface area contributed by atoms with Crippen molar-refractivity contribution in [1.82, 2.24) is 4.31 Å². The minimum Gasteiger partial charge on any atom is -0.329 e. The van der Waals surface area contributed by atoms with Crippen molar-refractivity contribution in [3.8, 4) is 0 Å². The largest absolute Gasteiger partial charge is 0.329 e. The molecule has 2 atom stereocenters. The van der Waals surface area contributed by atoms with Crippen LogP contribution in [0, 0.1) is 18.7 Å². The van der Waals surface area contributed by atoms with Gasteiger partial charge in [-0.15, -0.1) is 0 Å². The number of hydrogen-bond donors (Lipinski definition) is 1. The van der Waals surface area contributed by atoms with E-state index in [1.165, 1.54) is 16.4 Å². The second kappa shape index (κ2) is 5.19. The number of halogens is 1. The molecule has 0 saturated carbocycles. The smallest absolute Gasteiger partial charge is 0.243 e. The van der Waals surface area contributed by atoms with E-state index in [-0.39, 0.29) is 23.4 Å². The van der Waals surface area contributed by atoms with Gasteiger partial charge < -0.3 is 5.73 Å². The summed E-state index contributed by atoms with van der Waals surface area (Å²) in [4.78, 5) is 0.0417. The van der Waals surface area contributed by atoms with E-state index in [1.807, 2.05) is 6.92 Å². The highest BCUT2D eigenvalue weighted by molar-refractivity contribution is 7.89. The Bertz CT molecular complexity index is 574. The molecule has 1 aromatic rings. The number of aryl methyl sites for hydroxylation is 1. The Balaban J connectivity index is 2.45. The van der Waals surface area contributed by atoms with Crippen LogP contribution in [-0.2, 0) is 10.0 Å². The number of sulfonamides is 1. The summed E-state index contributed by atoms with van der Waals surface area (Å²) in [6.45, 7) is 4.39. The molecule has 1 saturated heterocycles. The summed E-state index contributed by atoms with van der Waals surface area (Å²) in [7, 11) is -3.67. The van der Waals surface area contributed by atoms with Crippen LogP contribution in [0.2, 0.25) is 0 Å². The molecule has 0 radical (unpaired) electrons. The standard InChI is InChI=1S/C13H19FN2O2S/c1-9-5-6-16(12(9)8-15)19(17,18)13-7-11(14)4-3-10(13)2/h3-4,7,9,12H,5-6,8,15H2,1-2H3. The molecule has 2 N–H and O–H groups in total. The molecule has 2 unspecified atom stereocenters. The fourth-order valence-corrected chi connectivity index (χ4v) is 4.58. The summed E-state index contributed by atoms with van der Waals surface area (Å²) in [5, 5.41) is 0. The third kappa shape index (κ3) is 2.52. The van der Waals surface area contributed by atoms with E-state index in [1.54, 1.807) is 6.92 Å². The molecule has 0 bridgehead atoms. The van der Waals surface area contributed by atoms with Gasteiger partial charge in [-0.3, -0.25) is 0 Å². The van der Waals surface area contributed by atoms with E-state index >= 15 is 0 Å². The lowest BCUT2D eigenvalue weighted by Crippen LogP contribution is -2.42. The van der Waals surface area contributed by atoms with Crippen LogP contribution in [-0.4, -0.2) is 31.9 Å². The van der Waals surface area contributed by atoms with Crippen molar-refractivity contribution >= 4 is 10.0 Å². The quantitative estimate of drug-likeness (QED) is 0.915. The summed E-state index contributed by atoms with van der Waals surface area (Å²) < 4.78 is 40.0. The van der Waals surface area contributed by atoms with Crippen molar-refractivity contribution in [1.29, 1.82) is 0 Å². The minimum atomic E-state index is -3.67. The van der Waals surface area contributed by atoms with E-state index in [0.717, 1.165) is 12.5 Å². The average Bonchev–Trinajstić information content (AvgIpc) is 2.74. The van der Waals surface area contributed by atoms with Gasteiger partial charge in [0.1, 0.15) is 5.82 Å². The fraction of sp³-hybridized carbons (Fsp3) is 0.538. The van der Waals surface area contributed by atoms with Gasteiger partial charge in [-0.2, -0.15) is 4.31 Å². The highest BCUT2D eigenvalue weighted by atomic mass is 32.2. The Labute approximate surface area is 113 Å². The number of nitrogens with zero attached hydrogens (tertiary/aromatic N) is 1. The molecular weight excluding hydrogens is 267 g/mol. The van der Waals surface area contributed by atoms with Crippen LogP contribution in [0.25, 0.3) is 0 Å². The van der Waals surface area contributed by atoms with Gasteiger partial charge in [-0.05, 0) is 37.0 Å². The molecule has 4 nitrogen and oxygen atoms in total. The zero-order valence-electron chi connectivity index (χ0n) is 11.1. The number of rotatable bonds is 3. The van der Waals surface area contributed by atoms with Gasteiger partial charge >= 0.3 is 0 Å². The maximum Gasteiger partial charge on any atom is 0.243 e. The van der Waals surface area contributed by atoms with Gasteiger partial charge in [-0.25, -0.2) is 12.8 Å². The lowest BCUT2D eigenvalue weighted by molar-refractivity contribution is 0.354. The van der Waals surface area contributed by atoms with Crippen LogP contribution in [0.5, 0.6) is 0 Å². The fourth-order valence-electron chi connectivity index (χ4n) is 2.60. The molecule has 0 aliphatic carbocycles. The van der Waals surface area contributed by atoms with Crippen molar-refractivity contribution in [2.45, 2.75) is 31.2 Å². The molecule has 6 heteroatoms. The Hall–Kier alpha value is -0.980. The number of hydrogen-bond acceptors (Lipinski definition) is 3. The maximum absolute atomic E-state index is 13.3. The molecule has 1 aliphatic heterocycles. The Morgan fingerprint density at radius 2 is 2.16 bits per heavy atom. The topological polar surface area (TPSA) is 63.4 Å². The maximum atomic E-state index is 13.3. The van der Waals surface area contributed by atoms with E-state index < -0.39 is 15.8 Å². The van der Waals surface area contributed by atoms with Crippen molar-refractivity contribution in [3.63, 3.8) is 0 Å². The molecular formula is C13H19FN2O2S. The van der Waals surface area contributed by atoms with Crippen LogP contribution in [0.3, 0.4) is 0 Å². The minimum absolute atomic E-state index is 0.0417. The number of nitrogens with two attached hydrogens (primary N) is 1. The van der Waals surface area contributed by atoms with Crippen molar-refractivity contribution in [2.24, 2.45) is 11.7 Å². The first-order valence-electron chi connectivity index (χ1n) is 6.36.